The van der Waals surface area contributed by atoms with Crippen LogP contribution >= 0.6 is 19.5 Å². The molecule has 58 valence electrons. The van der Waals surface area contributed by atoms with Gasteiger partial charge in [0.2, 0.25) is 0 Å². The lowest BCUT2D eigenvalue weighted by Crippen LogP contribution is -1.58. The Morgan fingerprint density at radius 3 is 2.92 bits per heavy atom. The normalized spacial score (nSPS) is 12.0. The van der Waals surface area contributed by atoms with Crippen LogP contribution in [0.3, 0.4) is 0 Å². The fourth-order valence-electron chi connectivity index (χ4n) is 1.57. The molecule has 0 aliphatic carbocycles. The highest BCUT2D eigenvalue weighted by Gasteiger charge is 2.01. The first-order valence-electron chi connectivity index (χ1n) is 3.89. The zero-order valence-corrected chi connectivity index (χ0v) is 8.19. The number of benzene rings is 1. The van der Waals surface area contributed by atoms with Crippen molar-refractivity contribution in [3.05, 3.63) is 35.7 Å². The Morgan fingerprint density at radius 2 is 1.92 bits per heavy atom. The maximum absolute atomic E-state index is 2.24. The zero-order chi connectivity index (χ0) is 7.97. The van der Waals surface area contributed by atoms with Crippen molar-refractivity contribution >= 4 is 39.9 Å². The largest absolute Gasteiger partial charge is 0.140 e. The first-order chi connectivity index (χ1) is 5.95. The molecule has 2 heteroatoms. The van der Waals surface area contributed by atoms with Gasteiger partial charge in [0.25, 0.3) is 0 Å². The standard InChI is InChI=1S/C10H7PS/c1-2-4-9-7(3-1)8-5-6-12-10(8)11-9/h1-6,11H. The van der Waals surface area contributed by atoms with Crippen LogP contribution in [0.15, 0.2) is 35.7 Å². The van der Waals surface area contributed by atoms with E-state index in [-0.39, 0.29) is 0 Å². The van der Waals surface area contributed by atoms with Gasteiger partial charge in [-0.05, 0) is 16.8 Å². The Bertz CT molecular complexity index is 532. The summed E-state index contributed by atoms with van der Waals surface area (Å²) in [6.07, 6.45) is 0. The van der Waals surface area contributed by atoms with Gasteiger partial charge in [-0.2, -0.15) is 0 Å². The molecule has 0 saturated heterocycles. The molecule has 0 aliphatic heterocycles. The molecule has 0 nitrogen and oxygen atoms in total. The molecular weight excluding hydrogens is 183 g/mol. The molecule has 3 aromatic rings. The smallest absolute Gasteiger partial charge is 0.0515 e. The molecule has 1 aromatic carbocycles. The molecule has 2 heterocycles. The molecule has 0 amide bonds. The van der Waals surface area contributed by atoms with Crippen molar-refractivity contribution in [2.75, 3.05) is 0 Å². The van der Waals surface area contributed by atoms with Gasteiger partial charge in [0, 0.05) is 10.5 Å². The number of rotatable bonds is 0. The Balaban J connectivity index is 2.68. The van der Waals surface area contributed by atoms with Gasteiger partial charge in [0.15, 0.2) is 0 Å². The lowest BCUT2D eigenvalue weighted by Gasteiger charge is -1.85. The van der Waals surface area contributed by atoms with E-state index in [1.165, 1.54) is 15.9 Å². The second-order valence-corrected chi connectivity index (χ2v) is 5.40. The molecule has 0 saturated carbocycles. The van der Waals surface area contributed by atoms with E-state index in [2.05, 4.69) is 35.7 Å². The third kappa shape index (κ3) is 0.782. The van der Waals surface area contributed by atoms with E-state index in [1.807, 2.05) is 11.3 Å². The zero-order valence-electron chi connectivity index (χ0n) is 6.37. The summed E-state index contributed by atoms with van der Waals surface area (Å²) in [7, 11) is 0.894. The van der Waals surface area contributed by atoms with Gasteiger partial charge in [-0.1, -0.05) is 24.3 Å². The van der Waals surface area contributed by atoms with Crippen molar-refractivity contribution in [2.45, 2.75) is 0 Å². The third-order valence-corrected chi connectivity index (χ3v) is 4.72. The van der Waals surface area contributed by atoms with E-state index < -0.39 is 0 Å². The fourth-order valence-corrected chi connectivity index (χ4v) is 4.11. The first kappa shape index (κ1) is 6.71. The lowest BCUT2D eigenvalue weighted by molar-refractivity contribution is 1.87. The minimum atomic E-state index is 0.894. The van der Waals surface area contributed by atoms with E-state index >= 15 is 0 Å². The summed E-state index contributed by atoms with van der Waals surface area (Å²) < 4.78 is 1.55. The highest BCUT2D eigenvalue weighted by molar-refractivity contribution is 7.53. The summed E-state index contributed by atoms with van der Waals surface area (Å²) >= 11 is 1.88. The molecular formula is C10H7PS. The molecule has 0 spiro atoms. The van der Waals surface area contributed by atoms with Gasteiger partial charge in [0.1, 0.15) is 0 Å². The summed E-state index contributed by atoms with van der Waals surface area (Å²) in [5, 5.41) is 6.62. The second kappa shape index (κ2) is 2.35. The average Bonchev–Trinajstić information content (AvgIpc) is 2.62. The van der Waals surface area contributed by atoms with Crippen LogP contribution in [0, 0.1) is 0 Å². The highest BCUT2D eigenvalue weighted by Crippen LogP contribution is 2.40. The van der Waals surface area contributed by atoms with Gasteiger partial charge in [-0.3, -0.25) is 0 Å². The van der Waals surface area contributed by atoms with Crippen molar-refractivity contribution in [1.82, 2.24) is 0 Å². The summed E-state index contributed by atoms with van der Waals surface area (Å²) in [4.78, 5) is 0. The van der Waals surface area contributed by atoms with Crippen LogP contribution in [0.1, 0.15) is 0 Å². The van der Waals surface area contributed by atoms with Crippen LogP contribution in [0.25, 0.3) is 20.3 Å². The van der Waals surface area contributed by atoms with E-state index in [4.69, 9.17) is 0 Å². The summed E-state index contributed by atoms with van der Waals surface area (Å²) in [6.45, 7) is 0. The van der Waals surface area contributed by atoms with Crippen molar-refractivity contribution in [3.8, 4) is 0 Å². The van der Waals surface area contributed by atoms with Gasteiger partial charge in [0.05, 0.1) is 4.43 Å². The monoisotopic (exact) mass is 190 g/mol. The molecule has 1 unspecified atom stereocenters. The maximum Gasteiger partial charge on any atom is 0.0515 e. The SMILES string of the molecule is c1ccc2c(c1)[pH]c1sccc12. The summed E-state index contributed by atoms with van der Waals surface area (Å²) in [6, 6.07) is 10.9. The van der Waals surface area contributed by atoms with E-state index in [0.29, 0.717) is 0 Å². The van der Waals surface area contributed by atoms with Crippen LogP contribution in [-0.2, 0) is 0 Å². The molecule has 0 fully saturated rings. The lowest BCUT2D eigenvalue weighted by atomic mass is 10.2. The summed E-state index contributed by atoms with van der Waals surface area (Å²) in [5.74, 6) is 0. The third-order valence-electron chi connectivity index (χ3n) is 2.13. The predicted molar refractivity (Wildman–Crippen MR) is 58.8 cm³/mol. The van der Waals surface area contributed by atoms with Crippen LogP contribution < -0.4 is 0 Å². The molecule has 0 N–H and O–H groups in total. The average molecular weight is 190 g/mol. The van der Waals surface area contributed by atoms with Gasteiger partial charge < -0.3 is 0 Å². The number of thiophene rings is 1. The second-order valence-electron chi connectivity index (χ2n) is 2.83. The Morgan fingerprint density at radius 1 is 1.00 bits per heavy atom. The fraction of sp³-hybridized carbons (Fsp3) is 0. The molecule has 1 atom stereocenters. The van der Waals surface area contributed by atoms with Crippen LogP contribution in [0.4, 0.5) is 0 Å². The number of hydrogen-bond donors (Lipinski definition) is 0. The molecule has 0 bridgehead atoms. The van der Waals surface area contributed by atoms with E-state index in [9.17, 15) is 0 Å². The quantitative estimate of drug-likeness (QED) is 0.501. The minimum Gasteiger partial charge on any atom is -0.140 e. The van der Waals surface area contributed by atoms with Crippen LogP contribution in [-0.4, -0.2) is 0 Å². The molecule has 0 aliphatic rings. The topological polar surface area (TPSA) is 0 Å². The van der Waals surface area contributed by atoms with Crippen LogP contribution in [0.2, 0.25) is 0 Å². The minimum absolute atomic E-state index is 0.894. The van der Waals surface area contributed by atoms with Gasteiger partial charge in [-0.15, -0.1) is 19.5 Å². The number of hydrogen-bond acceptors (Lipinski definition) is 1. The van der Waals surface area contributed by atoms with Crippen molar-refractivity contribution in [2.24, 2.45) is 0 Å². The van der Waals surface area contributed by atoms with Crippen molar-refractivity contribution < 1.29 is 0 Å². The molecule has 3 rings (SSSR count). The Kier molecular flexibility index (Phi) is 1.31. The highest BCUT2D eigenvalue weighted by atomic mass is 32.1. The van der Waals surface area contributed by atoms with Gasteiger partial charge in [-0.25, -0.2) is 0 Å². The first-order valence-corrected chi connectivity index (χ1v) is 5.77. The Labute approximate surface area is 75.9 Å². The molecule has 2 aromatic heterocycles. The van der Waals surface area contributed by atoms with Crippen LogP contribution in [0.5, 0.6) is 0 Å². The molecule has 0 radical (unpaired) electrons. The van der Waals surface area contributed by atoms with Crippen molar-refractivity contribution in [1.29, 1.82) is 0 Å². The van der Waals surface area contributed by atoms with E-state index in [0.717, 1.165) is 8.19 Å². The summed E-state index contributed by atoms with van der Waals surface area (Å²) in [5.41, 5.74) is 0. The number of fused-ring (bicyclic) bond motifs is 3. The maximum atomic E-state index is 2.24. The van der Waals surface area contributed by atoms with Gasteiger partial charge >= 0.3 is 0 Å². The van der Waals surface area contributed by atoms with Crippen molar-refractivity contribution in [3.63, 3.8) is 0 Å². The predicted octanol–water partition coefficient (Wildman–Crippen LogP) is 4.09. The Hall–Kier alpha value is -0.780. The molecule has 12 heavy (non-hydrogen) atoms. The van der Waals surface area contributed by atoms with E-state index in [1.54, 1.807) is 4.43 Å².